The third kappa shape index (κ3) is 7.72. The van der Waals surface area contributed by atoms with Gasteiger partial charge in [0.25, 0.3) is 0 Å². The molecule has 0 radical (unpaired) electrons. The van der Waals surface area contributed by atoms with Gasteiger partial charge in [0.1, 0.15) is 10.1 Å². The van der Waals surface area contributed by atoms with Crippen molar-refractivity contribution in [1.29, 1.82) is 0 Å². The summed E-state index contributed by atoms with van der Waals surface area (Å²) in [5.74, 6) is -2.16. The fraction of sp³-hybridized carbons (Fsp3) is 0.750. The second-order valence-corrected chi connectivity index (χ2v) is 4.30. The monoisotopic (exact) mass is 276 g/mol. The third-order valence-corrected chi connectivity index (χ3v) is 2.61. The van der Waals surface area contributed by atoms with Crippen LogP contribution in [0.15, 0.2) is 0 Å². The Bertz CT molecular complexity index is 351. The molecule has 0 bridgehead atoms. The van der Waals surface area contributed by atoms with Gasteiger partial charge in [-0.05, 0) is 13.8 Å². The van der Waals surface area contributed by atoms with Crippen molar-refractivity contribution in [3.63, 3.8) is 0 Å². The Kier molecular flexibility index (Phi) is 10.0. The number of hydrogen-bond acceptors (Lipinski definition) is 7. The first-order valence-corrected chi connectivity index (χ1v) is 6.07. The second kappa shape index (κ2) is 8.87. The van der Waals surface area contributed by atoms with E-state index in [1.165, 1.54) is 13.8 Å². The molecule has 94 valence electrons. The minimum Gasteiger partial charge on any atom is -0.747 e. The Morgan fingerprint density at radius 1 is 1.18 bits per heavy atom. The quantitative estimate of drug-likeness (QED) is 0.280. The molecule has 0 saturated carbocycles. The van der Waals surface area contributed by atoms with Gasteiger partial charge >= 0.3 is 41.5 Å². The maximum absolute atomic E-state index is 11.1. The molecule has 0 heterocycles. The molecule has 1 unspecified atom stereocenters. The molecule has 0 N–H and O–H groups in total. The number of carbonyl (C=O) groups is 2. The van der Waals surface area contributed by atoms with E-state index < -0.39 is 33.7 Å². The normalized spacial score (nSPS) is 12.2. The van der Waals surface area contributed by atoms with Crippen LogP contribution >= 0.6 is 0 Å². The smallest absolute Gasteiger partial charge is 0.747 e. The van der Waals surface area contributed by atoms with E-state index in [-0.39, 0.29) is 42.8 Å². The predicted octanol–water partition coefficient (Wildman–Crippen LogP) is -3.58. The molecule has 7 nitrogen and oxygen atoms in total. The Morgan fingerprint density at radius 3 is 2.00 bits per heavy atom. The minimum absolute atomic E-state index is 0. The first-order chi connectivity index (χ1) is 7.32. The Morgan fingerprint density at radius 2 is 1.65 bits per heavy atom. The molecule has 0 aliphatic heterocycles. The van der Waals surface area contributed by atoms with Gasteiger partial charge in [0.15, 0.2) is 5.25 Å². The van der Waals surface area contributed by atoms with Gasteiger partial charge in [-0.15, -0.1) is 0 Å². The molecule has 0 aromatic heterocycles. The fourth-order valence-corrected chi connectivity index (χ4v) is 1.55. The van der Waals surface area contributed by atoms with Crippen molar-refractivity contribution in [3.05, 3.63) is 0 Å². The van der Waals surface area contributed by atoms with Crippen LogP contribution in [0.3, 0.4) is 0 Å². The molecule has 0 aromatic rings. The van der Waals surface area contributed by atoms with Gasteiger partial charge in [-0.1, -0.05) is 0 Å². The Balaban J connectivity index is 0. The number of carbonyl (C=O) groups excluding carboxylic acids is 2. The average molecular weight is 276 g/mol. The summed E-state index contributed by atoms with van der Waals surface area (Å²) in [6.45, 7) is 2.93. The third-order valence-electron chi connectivity index (χ3n) is 1.56. The molecule has 0 saturated heterocycles. The van der Waals surface area contributed by atoms with Crippen molar-refractivity contribution in [2.45, 2.75) is 25.5 Å². The van der Waals surface area contributed by atoms with Crippen molar-refractivity contribution in [2.75, 3.05) is 13.2 Å². The van der Waals surface area contributed by atoms with Gasteiger partial charge < -0.3 is 14.0 Å². The largest absolute Gasteiger partial charge is 1.00 e. The van der Waals surface area contributed by atoms with Crippen LogP contribution in [0.25, 0.3) is 0 Å². The molecule has 0 aliphatic carbocycles. The first kappa shape index (κ1) is 19.2. The standard InChI is InChI=1S/C8H14O7S.Na/c1-3-14-7(9)5-6(16(11,12)13)8(10)15-4-2;/h6H,3-5H2,1-2H3,(H,11,12,13);/q;+1/p-1. The molecule has 0 rings (SSSR count). The zero-order valence-electron chi connectivity index (χ0n) is 9.96. The van der Waals surface area contributed by atoms with Crippen LogP contribution in [0.4, 0.5) is 0 Å². The molecule has 9 heteroatoms. The van der Waals surface area contributed by atoms with Crippen molar-refractivity contribution in [2.24, 2.45) is 0 Å². The van der Waals surface area contributed by atoms with Crippen molar-refractivity contribution < 1.29 is 61.6 Å². The van der Waals surface area contributed by atoms with Gasteiger partial charge in [0, 0.05) is 0 Å². The van der Waals surface area contributed by atoms with Gasteiger partial charge in [-0.25, -0.2) is 8.42 Å². The summed E-state index contributed by atoms with van der Waals surface area (Å²) >= 11 is 0. The van der Waals surface area contributed by atoms with Crippen LogP contribution in [0.1, 0.15) is 20.3 Å². The van der Waals surface area contributed by atoms with Crippen LogP contribution in [0, 0.1) is 0 Å². The summed E-state index contributed by atoms with van der Waals surface area (Å²) in [5, 5.41) is -2.04. The number of esters is 2. The van der Waals surface area contributed by atoms with E-state index in [1.54, 1.807) is 0 Å². The molecular formula is C8H13NaO7S. The van der Waals surface area contributed by atoms with Crippen molar-refractivity contribution in [1.82, 2.24) is 0 Å². The molecule has 1 atom stereocenters. The second-order valence-electron chi connectivity index (χ2n) is 2.74. The van der Waals surface area contributed by atoms with Crippen molar-refractivity contribution >= 4 is 22.1 Å². The maximum atomic E-state index is 11.1. The fourth-order valence-electron chi connectivity index (χ4n) is 0.910. The van der Waals surface area contributed by atoms with E-state index in [0.717, 1.165) is 0 Å². The summed E-state index contributed by atoms with van der Waals surface area (Å²) in [5.41, 5.74) is 0. The number of hydrogen-bond donors (Lipinski definition) is 0. The van der Waals surface area contributed by atoms with Gasteiger partial charge in [0.2, 0.25) is 0 Å². The molecule has 0 aromatic carbocycles. The molecular weight excluding hydrogens is 263 g/mol. The zero-order valence-corrected chi connectivity index (χ0v) is 12.8. The zero-order chi connectivity index (χ0) is 12.8. The average Bonchev–Trinajstić information content (AvgIpc) is 2.13. The van der Waals surface area contributed by atoms with Crippen LogP contribution in [-0.4, -0.2) is 43.4 Å². The number of ether oxygens (including phenoxy) is 2. The SMILES string of the molecule is CCOC(=O)CC(C(=O)OCC)S(=O)(=O)[O-].[Na+]. The van der Waals surface area contributed by atoms with Crippen LogP contribution in [0.2, 0.25) is 0 Å². The topological polar surface area (TPSA) is 110 Å². The van der Waals surface area contributed by atoms with Crippen LogP contribution < -0.4 is 29.6 Å². The predicted molar refractivity (Wildman–Crippen MR) is 51.4 cm³/mol. The molecule has 0 spiro atoms. The summed E-state index contributed by atoms with van der Waals surface area (Å²) < 4.78 is 41.0. The van der Waals surface area contributed by atoms with E-state index in [2.05, 4.69) is 9.47 Å². The van der Waals surface area contributed by atoms with E-state index in [1.807, 2.05) is 0 Å². The van der Waals surface area contributed by atoms with Gasteiger partial charge in [0.05, 0.1) is 19.6 Å². The summed E-state index contributed by atoms with van der Waals surface area (Å²) in [7, 11) is -4.93. The number of rotatable bonds is 6. The summed E-state index contributed by atoms with van der Waals surface area (Å²) in [6, 6.07) is 0. The molecule has 17 heavy (non-hydrogen) atoms. The first-order valence-electron chi connectivity index (χ1n) is 4.59. The molecule has 0 fully saturated rings. The van der Waals surface area contributed by atoms with E-state index in [9.17, 15) is 22.6 Å². The molecule has 0 amide bonds. The van der Waals surface area contributed by atoms with E-state index in [0.29, 0.717) is 0 Å². The summed E-state index contributed by atoms with van der Waals surface area (Å²) in [4.78, 5) is 22.1. The van der Waals surface area contributed by atoms with E-state index in [4.69, 9.17) is 0 Å². The van der Waals surface area contributed by atoms with Crippen molar-refractivity contribution in [3.8, 4) is 0 Å². The summed E-state index contributed by atoms with van der Waals surface area (Å²) in [6.07, 6.45) is -0.821. The van der Waals surface area contributed by atoms with Crippen LogP contribution in [0.5, 0.6) is 0 Å². The maximum Gasteiger partial charge on any atom is 1.00 e. The minimum atomic E-state index is -4.93. The van der Waals surface area contributed by atoms with Gasteiger partial charge in [-0.3, -0.25) is 9.59 Å². The molecule has 0 aliphatic rings. The van der Waals surface area contributed by atoms with Gasteiger partial charge in [-0.2, -0.15) is 0 Å². The Hall–Kier alpha value is -0.150. The Labute approximate surface area is 122 Å². The van der Waals surface area contributed by atoms with Crippen LogP contribution in [-0.2, 0) is 29.2 Å². The van der Waals surface area contributed by atoms with E-state index >= 15 is 0 Å².